The molecule has 0 aromatic rings. The van der Waals surface area contributed by atoms with Gasteiger partial charge in [-0.3, -0.25) is 14.4 Å². The minimum absolute atomic E-state index is 0.0711. The van der Waals surface area contributed by atoms with Crippen molar-refractivity contribution in [3.05, 3.63) is 0 Å². The van der Waals surface area contributed by atoms with Crippen molar-refractivity contribution < 1.29 is 24.3 Å². The first kappa shape index (κ1) is 16.1. The topological polar surface area (TPSA) is 107 Å². The average Bonchev–Trinajstić information content (AvgIpc) is 3.11. The van der Waals surface area contributed by atoms with Crippen molar-refractivity contribution in [3.63, 3.8) is 0 Å². The number of carbonyl (C=O) groups is 4. The van der Waals surface area contributed by atoms with Crippen LogP contribution in [0.2, 0.25) is 0 Å². The molecule has 3 fully saturated rings. The highest BCUT2D eigenvalue weighted by molar-refractivity contribution is 8.00. The van der Waals surface area contributed by atoms with E-state index in [4.69, 9.17) is 5.11 Å². The Hall–Kier alpha value is -1.77. The van der Waals surface area contributed by atoms with Gasteiger partial charge in [0.05, 0.1) is 12.1 Å². The standard InChI is InChI=1S/C14H19N3O5S/c18-10-5-6-11(19)16(10)17-13-8(15-14(17)22)7-23-9(13)3-1-2-4-12(20)21/h8-9,13H,1-7H2,(H,15,22)(H,20,21)/t8-,9-,13-/m1/s1. The lowest BCUT2D eigenvalue weighted by Gasteiger charge is -2.32. The van der Waals surface area contributed by atoms with Crippen LogP contribution >= 0.6 is 11.8 Å². The van der Waals surface area contributed by atoms with Gasteiger partial charge in [0.15, 0.2) is 0 Å². The Kier molecular flexibility index (Phi) is 4.47. The zero-order chi connectivity index (χ0) is 16.6. The van der Waals surface area contributed by atoms with Crippen molar-refractivity contribution in [2.45, 2.75) is 55.9 Å². The Morgan fingerprint density at radius 3 is 2.57 bits per heavy atom. The first-order valence-electron chi connectivity index (χ1n) is 7.78. The molecule has 126 valence electrons. The lowest BCUT2D eigenvalue weighted by Crippen LogP contribution is -2.53. The van der Waals surface area contributed by atoms with E-state index in [-0.39, 0.29) is 54.4 Å². The summed E-state index contributed by atoms with van der Waals surface area (Å²) in [5, 5.41) is 14.0. The Bertz CT molecular complexity index is 539. The molecule has 0 aliphatic carbocycles. The molecule has 0 bridgehead atoms. The van der Waals surface area contributed by atoms with Gasteiger partial charge in [0.25, 0.3) is 0 Å². The molecular weight excluding hydrogens is 322 g/mol. The van der Waals surface area contributed by atoms with Crippen molar-refractivity contribution in [3.8, 4) is 0 Å². The molecule has 23 heavy (non-hydrogen) atoms. The SMILES string of the molecule is O=C(O)CCCC[C@H]1SC[C@H]2NC(=O)N(N3C(=O)CCC3=O)[C@H]21. The molecule has 3 aliphatic rings. The van der Waals surface area contributed by atoms with E-state index < -0.39 is 5.97 Å². The predicted octanol–water partition coefficient (Wildman–Crippen LogP) is 0.573. The predicted molar refractivity (Wildman–Crippen MR) is 81.4 cm³/mol. The molecule has 3 atom stereocenters. The van der Waals surface area contributed by atoms with E-state index in [0.29, 0.717) is 6.42 Å². The number of nitrogens with one attached hydrogen (secondary N) is 1. The third kappa shape index (κ3) is 3.01. The number of nitrogens with zero attached hydrogens (tertiary/aromatic N) is 2. The number of amides is 4. The second kappa shape index (κ2) is 6.38. The summed E-state index contributed by atoms with van der Waals surface area (Å²) in [5.74, 6) is -0.721. The average molecular weight is 341 g/mol. The molecule has 3 saturated heterocycles. The minimum atomic E-state index is -0.811. The number of hydrazine groups is 1. The Balaban J connectivity index is 1.68. The van der Waals surface area contributed by atoms with E-state index in [1.807, 2.05) is 0 Å². The first-order valence-corrected chi connectivity index (χ1v) is 8.82. The van der Waals surface area contributed by atoms with Gasteiger partial charge in [-0.2, -0.15) is 16.8 Å². The van der Waals surface area contributed by atoms with Crippen molar-refractivity contribution in [2.24, 2.45) is 0 Å². The number of rotatable bonds is 6. The maximum Gasteiger partial charge on any atom is 0.337 e. The van der Waals surface area contributed by atoms with Gasteiger partial charge in [-0.1, -0.05) is 6.42 Å². The number of hydrogen-bond donors (Lipinski definition) is 2. The molecule has 0 aromatic carbocycles. The van der Waals surface area contributed by atoms with Crippen molar-refractivity contribution in [2.75, 3.05) is 5.75 Å². The summed E-state index contributed by atoms with van der Waals surface area (Å²) in [6.45, 7) is 0. The van der Waals surface area contributed by atoms with E-state index in [1.165, 1.54) is 5.01 Å². The number of carboxylic acid groups (broad SMARTS) is 1. The summed E-state index contributed by atoms with van der Waals surface area (Å²) in [6, 6.07) is -0.680. The number of aliphatic carboxylic acids is 1. The van der Waals surface area contributed by atoms with Gasteiger partial charge in [0.1, 0.15) is 0 Å². The van der Waals surface area contributed by atoms with E-state index in [1.54, 1.807) is 11.8 Å². The molecule has 3 heterocycles. The van der Waals surface area contributed by atoms with Gasteiger partial charge >= 0.3 is 12.0 Å². The maximum atomic E-state index is 12.2. The highest BCUT2D eigenvalue weighted by Crippen LogP contribution is 2.39. The Labute approximate surface area is 137 Å². The van der Waals surface area contributed by atoms with E-state index in [2.05, 4.69) is 5.32 Å². The second-order valence-electron chi connectivity index (χ2n) is 6.00. The van der Waals surface area contributed by atoms with Crippen LogP contribution in [-0.2, 0) is 14.4 Å². The van der Waals surface area contributed by atoms with Gasteiger partial charge in [-0.25, -0.2) is 9.80 Å². The highest BCUT2D eigenvalue weighted by Gasteiger charge is 2.53. The van der Waals surface area contributed by atoms with Gasteiger partial charge < -0.3 is 10.4 Å². The molecule has 3 aliphatic heterocycles. The zero-order valence-electron chi connectivity index (χ0n) is 12.6. The number of hydrogen-bond acceptors (Lipinski definition) is 5. The summed E-state index contributed by atoms with van der Waals surface area (Å²) >= 11 is 1.71. The lowest BCUT2D eigenvalue weighted by atomic mass is 10.0. The largest absolute Gasteiger partial charge is 0.481 e. The van der Waals surface area contributed by atoms with Gasteiger partial charge in [0.2, 0.25) is 11.8 Å². The Morgan fingerprint density at radius 1 is 1.22 bits per heavy atom. The fourth-order valence-electron chi connectivity index (χ4n) is 3.40. The molecule has 0 saturated carbocycles. The molecule has 0 radical (unpaired) electrons. The van der Waals surface area contributed by atoms with Crippen LogP contribution in [-0.4, -0.2) is 62.0 Å². The van der Waals surface area contributed by atoms with Crippen molar-refractivity contribution >= 4 is 35.6 Å². The van der Waals surface area contributed by atoms with Gasteiger partial charge in [-0.05, 0) is 12.8 Å². The number of carboxylic acids is 1. The summed E-state index contributed by atoms with van der Waals surface area (Å²) in [7, 11) is 0. The Morgan fingerprint density at radius 2 is 1.91 bits per heavy atom. The summed E-state index contributed by atoms with van der Waals surface area (Å²) < 4.78 is 0. The molecule has 2 N–H and O–H groups in total. The molecule has 0 spiro atoms. The van der Waals surface area contributed by atoms with Crippen LogP contribution in [0.5, 0.6) is 0 Å². The van der Waals surface area contributed by atoms with E-state index in [9.17, 15) is 19.2 Å². The van der Waals surface area contributed by atoms with Gasteiger partial charge in [-0.15, -0.1) is 0 Å². The van der Waals surface area contributed by atoms with Crippen LogP contribution in [0.3, 0.4) is 0 Å². The molecule has 8 nitrogen and oxygen atoms in total. The number of imide groups is 1. The molecule has 0 aromatic heterocycles. The summed E-state index contributed by atoms with van der Waals surface area (Å²) in [5.41, 5.74) is 0. The summed E-state index contributed by atoms with van der Waals surface area (Å²) in [6.07, 6.45) is 2.53. The molecule has 0 unspecified atom stereocenters. The number of urea groups is 1. The third-order valence-electron chi connectivity index (χ3n) is 4.45. The van der Waals surface area contributed by atoms with E-state index in [0.717, 1.165) is 23.6 Å². The lowest BCUT2D eigenvalue weighted by molar-refractivity contribution is -0.154. The highest BCUT2D eigenvalue weighted by atomic mass is 32.2. The number of thioether (sulfide) groups is 1. The zero-order valence-corrected chi connectivity index (χ0v) is 13.4. The van der Waals surface area contributed by atoms with Crippen LogP contribution in [0.15, 0.2) is 0 Å². The molecular formula is C14H19N3O5S. The number of carbonyl (C=O) groups excluding carboxylic acids is 3. The smallest absolute Gasteiger partial charge is 0.337 e. The minimum Gasteiger partial charge on any atom is -0.481 e. The molecule has 3 rings (SSSR count). The van der Waals surface area contributed by atoms with Crippen LogP contribution in [0.1, 0.15) is 38.5 Å². The van der Waals surface area contributed by atoms with Gasteiger partial charge in [0, 0.05) is 30.3 Å². The fourth-order valence-corrected chi connectivity index (χ4v) is 4.97. The van der Waals surface area contributed by atoms with Crippen molar-refractivity contribution in [1.82, 2.24) is 15.3 Å². The maximum absolute atomic E-state index is 12.2. The molecule has 4 amide bonds. The van der Waals surface area contributed by atoms with Crippen LogP contribution < -0.4 is 5.32 Å². The first-order chi connectivity index (χ1) is 11.0. The third-order valence-corrected chi connectivity index (χ3v) is 5.95. The monoisotopic (exact) mass is 341 g/mol. The van der Waals surface area contributed by atoms with E-state index >= 15 is 0 Å². The van der Waals surface area contributed by atoms with Crippen LogP contribution in [0.25, 0.3) is 0 Å². The summed E-state index contributed by atoms with van der Waals surface area (Å²) in [4.78, 5) is 46.7. The number of unbranched alkanes of at least 4 members (excludes halogenated alkanes) is 1. The van der Waals surface area contributed by atoms with Crippen molar-refractivity contribution in [1.29, 1.82) is 0 Å². The van der Waals surface area contributed by atoms with Crippen LogP contribution in [0.4, 0.5) is 4.79 Å². The number of fused-ring (bicyclic) bond motifs is 1. The quantitative estimate of drug-likeness (QED) is 0.416. The normalized spacial score (nSPS) is 30.1. The molecule has 9 heteroatoms. The second-order valence-corrected chi connectivity index (χ2v) is 7.27. The fraction of sp³-hybridized carbons (Fsp3) is 0.714. The van der Waals surface area contributed by atoms with Crippen LogP contribution in [0, 0.1) is 0 Å².